The van der Waals surface area contributed by atoms with Gasteiger partial charge in [0.2, 0.25) is 5.79 Å². The van der Waals surface area contributed by atoms with Crippen molar-refractivity contribution in [3.8, 4) is 0 Å². The molecule has 0 amide bonds. The van der Waals surface area contributed by atoms with E-state index in [2.05, 4.69) is 40.8 Å². The van der Waals surface area contributed by atoms with Crippen LogP contribution in [0.2, 0.25) is 18.1 Å². The fourth-order valence-electron chi connectivity index (χ4n) is 5.83. The van der Waals surface area contributed by atoms with Crippen molar-refractivity contribution in [1.29, 1.82) is 0 Å². The zero-order valence-corrected chi connectivity index (χ0v) is 28.4. The van der Waals surface area contributed by atoms with Gasteiger partial charge in [0.15, 0.2) is 14.1 Å². The van der Waals surface area contributed by atoms with Crippen LogP contribution < -0.4 is 0 Å². The van der Waals surface area contributed by atoms with Gasteiger partial charge in [-0.05, 0) is 44.8 Å². The molecular weight excluding hydrogens is 560 g/mol. The molecule has 240 valence electrons. The third kappa shape index (κ3) is 8.76. The standard InChI is InChI=1S/C35H54O7Si/c1-25(23-39-43(7,8)33(2,3)4)32-22-30(40-34(5,6)42-32)20-28(36)19-29(37)21-31-24-38-35(41-31,26-15-11-9-12-16-26)27-17-13-10-14-18-27/h9-18,25,28-32,36-37H,19-24H2,1-8H3/t25-,28+,29+,30+,31+,32+/m0/s1. The summed E-state index contributed by atoms with van der Waals surface area (Å²) in [6.45, 7) is 18.3. The number of ether oxygens (including phenoxy) is 4. The minimum absolute atomic E-state index is 0.0382. The third-order valence-corrected chi connectivity index (χ3v) is 13.8. The van der Waals surface area contributed by atoms with Gasteiger partial charge in [-0.3, -0.25) is 0 Å². The van der Waals surface area contributed by atoms with Crippen LogP contribution in [0.15, 0.2) is 60.7 Å². The monoisotopic (exact) mass is 614 g/mol. The zero-order chi connectivity index (χ0) is 31.5. The molecule has 2 aromatic rings. The second-order valence-corrected chi connectivity index (χ2v) is 19.3. The van der Waals surface area contributed by atoms with Gasteiger partial charge in [-0.25, -0.2) is 0 Å². The molecule has 2 fully saturated rings. The van der Waals surface area contributed by atoms with Gasteiger partial charge in [-0.1, -0.05) is 88.4 Å². The van der Waals surface area contributed by atoms with Crippen LogP contribution in [-0.2, 0) is 29.2 Å². The number of hydrogen-bond acceptors (Lipinski definition) is 7. The molecule has 2 aliphatic rings. The highest BCUT2D eigenvalue weighted by Crippen LogP contribution is 2.42. The average Bonchev–Trinajstić information content (AvgIpc) is 3.35. The Balaban J connectivity index is 1.31. The van der Waals surface area contributed by atoms with Gasteiger partial charge in [0, 0.05) is 36.5 Å². The minimum Gasteiger partial charge on any atom is -0.416 e. The van der Waals surface area contributed by atoms with Gasteiger partial charge >= 0.3 is 0 Å². The Labute approximate surface area is 260 Å². The molecule has 4 rings (SSSR count). The first kappa shape index (κ1) is 34.3. The van der Waals surface area contributed by atoms with Crippen molar-refractivity contribution in [2.75, 3.05) is 13.2 Å². The van der Waals surface area contributed by atoms with E-state index in [0.29, 0.717) is 32.5 Å². The van der Waals surface area contributed by atoms with Crippen molar-refractivity contribution in [2.24, 2.45) is 5.92 Å². The summed E-state index contributed by atoms with van der Waals surface area (Å²) in [6.07, 6.45) is -0.292. The number of rotatable bonds is 12. The van der Waals surface area contributed by atoms with Crippen LogP contribution >= 0.6 is 0 Å². The summed E-state index contributed by atoms with van der Waals surface area (Å²) < 4.78 is 31.9. The van der Waals surface area contributed by atoms with Crippen molar-refractivity contribution in [3.63, 3.8) is 0 Å². The minimum atomic E-state index is -1.87. The van der Waals surface area contributed by atoms with E-state index in [1.165, 1.54) is 0 Å². The van der Waals surface area contributed by atoms with E-state index in [0.717, 1.165) is 11.1 Å². The normalized spacial score (nSPS) is 26.1. The van der Waals surface area contributed by atoms with Gasteiger partial charge in [-0.2, -0.15) is 0 Å². The van der Waals surface area contributed by atoms with Crippen LogP contribution in [0.4, 0.5) is 0 Å². The second kappa shape index (κ2) is 13.8. The van der Waals surface area contributed by atoms with Gasteiger partial charge in [-0.15, -0.1) is 0 Å². The molecule has 43 heavy (non-hydrogen) atoms. The molecule has 8 heteroatoms. The molecular formula is C35H54O7Si. The average molecular weight is 615 g/mol. The summed E-state index contributed by atoms with van der Waals surface area (Å²) in [5.41, 5.74) is 1.83. The highest BCUT2D eigenvalue weighted by Gasteiger charge is 2.46. The molecule has 6 atom stereocenters. The maximum atomic E-state index is 11.0. The Bertz CT molecular complexity index is 1090. The molecule has 0 saturated carbocycles. The summed E-state index contributed by atoms with van der Waals surface area (Å²) in [5.74, 6) is -1.59. The predicted molar refractivity (Wildman–Crippen MR) is 171 cm³/mol. The lowest BCUT2D eigenvalue weighted by Gasteiger charge is -2.44. The topological polar surface area (TPSA) is 86.6 Å². The van der Waals surface area contributed by atoms with Crippen molar-refractivity contribution < 1.29 is 33.6 Å². The van der Waals surface area contributed by atoms with E-state index in [4.69, 9.17) is 23.4 Å². The molecule has 2 aromatic carbocycles. The molecule has 2 aliphatic heterocycles. The van der Waals surface area contributed by atoms with Crippen LogP contribution in [-0.4, -0.2) is 68.1 Å². The molecule has 2 saturated heterocycles. The van der Waals surface area contributed by atoms with E-state index in [1.807, 2.05) is 74.5 Å². The summed E-state index contributed by atoms with van der Waals surface area (Å²) in [7, 11) is -1.87. The fraction of sp³-hybridized carbons (Fsp3) is 0.657. The van der Waals surface area contributed by atoms with E-state index < -0.39 is 32.1 Å². The van der Waals surface area contributed by atoms with Gasteiger partial charge in [0.05, 0.1) is 37.1 Å². The van der Waals surface area contributed by atoms with E-state index in [-0.39, 0.29) is 35.7 Å². The van der Waals surface area contributed by atoms with Crippen LogP contribution in [0.1, 0.15) is 78.4 Å². The van der Waals surface area contributed by atoms with E-state index in [9.17, 15) is 10.2 Å². The summed E-state index contributed by atoms with van der Waals surface area (Å²) in [6, 6.07) is 19.8. The molecule has 0 aromatic heterocycles. The van der Waals surface area contributed by atoms with Crippen LogP contribution in [0, 0.1) is 5.92 Å². The van der Waals surface area contributed by atoms with Crippen LogP contribution in [0.5, 0.6) is 0 Å². The Hall–Kier alpha value is -1.62. The lowest BCUT2D eigenvalue weighted by Crippen LogP contribution is -2.49. The molecule has 2 N–H and O–H groups in total. The maximum Gasteiger partial charge on any atom is 0.222 e. The van der Waals surface area contributed by atoms with Crippen molar-refractivity contribution in [2.45, 2.75) is 127 Å². The Morgan fingerprint density at radius 1 is 0.860 bits per heavy atom. The lowest BCUT2D eigenvalue weighted by atomic mass is 9.93. The first-order chi connectivity index (χ1) is 20.1. The Morgan fingerprint density at radius 2 is 1.40 bits per heavy atom. The molecule has 0 spiro atoms. The van der Waals surface area contributed by atoms with Crippen LogP contribution in [0.25, 0.3) is 0 Å². The summed E-state index contributed by atoms with van der Waals surface area (Å²) >= 11 is 0. The first-order valence-electron chi connectivity index (χ1n) is 15.9. The third-order valence-electron chi connectivity index (χ3n) is 9.26. The lowest BCUT2D eigenvalue weighted by molar-refractivity contribution is -0.311. The summed E-state index contributed by atoms with van der Waals surface area (Å²) in [5, 5.41) is 22.2. The fourth-order valence-corrected chi connectivity index (χ4v) is 6.95. The highest BCUT2D eigenvalue weighted by atomic mass is 28.4. The number of aliphatic hydroxyl groups excluding tert-OH is 2. The van der Waals surface area contributed by atoms with Crippen molar-refractivity contribution in [1.82, 2.24) is 0 Å². The molecule has 0 aliphatic carbocycles. The maximum absolute atomic E-state index is 11.0. The van der Waals surface area contributed by atoms with Crippen LogP contribution in [0.3, 0.4) is 0 Å². The van der Waals surface area contributed by atoms with Crippen molar-refractivity contribution in [3.05, 3.63) is 71.8 Å². The smallest absolute Gasteiger partial charge is 0.222 e. The first-order valence-corrected chi connectivity index (χ1v) is 18.8. The van der Waals surface area contributed by atoms with Gasteiger partial charge in [0.25, 0.3) is 0 Å². The van der Waals surface area contributed by atoms with Gasteiger partial charge < -0.3 is 33.6 Å². The second-order valence-electron chi connectivity index (χ2n) is 14.5. The Kier molecular flexibility index (Phi) is 11.0. The van der Waals surface area contributed by atoms with E-state index in [1.54, 1.807) is 0 Å². The van der Waals surface area contributed by atoms with Crippen molar-refractivity contribution >= 4 is 8.32 Å². The largest absolute Gasteiger partial charge is 0.416 e. The Morgan fingerprint density at radius 3 is 1.93 bits per heavy atom. The molecule has 0 unspecified atom stereocenters. The summed E-state index contributed by atoms with van der Waals surface area (Å²) in [4.78, 5) is 0. The highest BCUT2D eigenvalue weighted by molar-refractivity contribution is 6.74. The number of benzene rings is 2. The number of hydrogen-bond donors (Lipinski definition) is 2. The zero-order valence-electron chi connectivity index (χ0n) is 27.4. The molecule has 0 radical (unpaired) electrons. The number of aliphatic hydroxyl groups is 2. The van der Waals surface area contributed by atoms with E-state index >= 15 is 0 Å². The SMILES string of the molecule is C[C@@H](CO[Si](C)(C)C(C)(C)C)[C@H]1C[C@@H](C[C@H](O)C[C@@H](O)C[C@@H]2COC(c3ccccc3)(c3ccccc3)O2)OC(C)(C)O1. The predicted octanol–water partition coefficient (Wildman–Crippen LogP) is 6.76. The van der Waals surface area contributed by atoms with Gasteiger partial charge in [0.1, 0.15) is 0 Å². The molecule has 0 bridgehead atoms. The quantitative estimate of drug-likeness (QED) is 0.255. The molecule has 7 nitrogen and oxygen atoms in total. The molecule has 2 heterocycles.